The molecule has 0 radical (unpaired) electrons. The molecule has 0 unspecified atom stereocenters. The lowest BCUT2D eigenvalue weighted by Crippen LogP contribution is -2.33. The predicted molar refractivity (Wildman–Crippen MR) is 117 cm³/mol. The van der Waals surface area contributed by atoms with Crippen molar-refractivity contribution in [3.05, 3.63) is 46.5 Å². The first-order chi connectivity index (χ1) is 13.9. The number of rotatable bonds is 7. The molecule has 7 nitrogen and oxygen atoms in total. The van der Waals surface area contributed by atoms with Crippen LogP contribution in [0.5, 0.6) is 0 Å². The molecule has 3 rings (SSSR count). The first kappa shape index (κ1) is 20.9. The van der Waals surface area contributed by atoms with Gasteiger partial charge in [-0.15, -0.1) is 11.3 Å². The van der Waals surface area contributed by atoms with Crippen molar-refractivity contribution >= 4 is 39.9 Å². The van der Waals surface area contributed by atoms with E-state index in [1.165, 1.54) is 0 Å². The highest BCUT2D eigenvalue weighted by molar-refractivity contribution is 7.09. The van der Waals surface area contributed by atoms with Crippen molar-refractivity contribution in [3.8, 4) is 0 Å². The Morgan fingerprint density at radius 1 is 1.21 bits per heavy atom. The minimum absolute atomic E-state index is 0.101. The van der Waals surface area contributed by atoms with E-state index in [1.54, 1.807) is 23.3 Å². The average Bonchev–Trinajstić information content (AvgIpc) is 3.28. The highest BCUT2D eigenvalue weighted by atomic mass is 32.1. The molecule has 0 atom stereocenters. The van der Waals surface area contributed by atoms with Gasteiger partial charge in [-0.2, -0.15) is 0 Å². The molecular formula is C21H27N5O2S. The number of benzene rings is 1. The van der Waals surface area contributed by atoms with Crippen LogP contribution >= 0.6 is 11.3 Å². The molecule has 0 aliphatic heterocycles. The van der Waals surface area contributed by atoms with Crippen molar-refractivity contribution in [3.63, 3.8) is 0 Å². The van der Waals surface area contributed by atoms with Gasteiger partial charge >= 0.3 is 6.03 Å². The van der Waals surface area contributed by atoms with Crippen LogP contribution in [0.1, 0.15) is 24.5 Å². The van der Waals surface area contributed by atoms with Gasteiger partial charge < -0.3 is 19.7 Å². The molecule has 1 aromatic carbocycles. The summed E-state index contributed by atoms with van der Waals surface area (Å²) in [5.74, 6) is 0.101. The SMILES string of the molecule is CCN(CC)C(=O)Cn1ccc2cc(NC(=O)N(C)Cc3csc(C)n3)ccc21. The van der Waals surface area contributed by atoms with E-state index in [4.69, 9.17) is 0 Å². The monoisotopic (exact) mass is 413 g/mol. The van der Waals surface area contributed by atoms with Gasteiger partial charge in [0.05, 0.1) is 17.2 Å². The predicted octanol–water partition coefficient (Wildman–Crippen LogP) is 3.94. The number of aromatic nitrogens is 2. The summed E-state index contributed by atoms with van der Waals surface area (Å²) >= 11 is 1.58. The number of amides is 3. The van der Waals surface area contributed by atoms with Crippen LogP contribution in [0, 0.1) is 6.92 Å². The van der Waals surface area contributed by atoms with Gasteiger partial charge in [0, 0.05) is 48.3 Å². The maximum atomic E-state index is 12.5. The number of nitrogens with one attached hydrogen (secondary N) is 1. The molecule has 0 spiro atoms. The summed E-state index contributed by atoms with van der Waals surface area (Å²) in [4.78, 5) is 32.7. The number of hydrogen-bond donors (Lipinski definition) is 1. The average molecular weight is 414 g/mol. The molecule has 0 saturated heterocycles. The molecule has 8 heteroatoms. The minimum atomic E-state index is -0.189. The largest absolute Gasteiger partial charge is 0.342 e. The van der Waals surface area contributed by atoms with Crippen LogP contribution in [0.4, 0.5) is 10.5 Å². The molecule has 3 aromatic rings. The van der Waals surface area contributed by atoms with E-state index in [-0.39, 0.29) is 11.9 Å². The maximum absolute atomic E-state index is 12.5. The lowest BCUT2D eigenvalue weighted by molar-refractivity contribution is -0.131. The van der Waals surface area contributed by atoms with E-state index in [2.05, 4.69) is 10.3 Å². The van der Waals surface area contributed by atoms with Crippen molar-refractivity contribution in [2.75, 3.05) is 25.5 Å². The second-order valence-electron chi connectivity index (χ2n) is 6.93. The maximum Gasteiger partial charge on any atom is 0.321 e. The number of fused-ring (bicyclic) bond motifs is 1. The second-order valence-corrected chi connectivity index (χ2v) is 7.99. The fraction of sp³-hybridized carbons (Fsp3) is 0.381. The topological polar surface area (TPSA) is 70.5 Å². The summed E-state index contributed by atoms with van der Waals surface area (Å²) in [6.45, 7) is 8.10. The van der Waals surface area contributed by atoms with Crippen LogP contribution in [0.2, 0.25) is 0 Å². The van der Waals surface area contributed by atoms with Gasteiger partial charge in [0.2, 0.25) is 5.91 Å². The minimum Gasteiger partial charge on any atom is -0.342 e. The standard InChI is InChI=1S/C21H27N5O2S/c1-5-25(6-2)20(27)13-26-10-9-16-11-17(7-8-19(16)26)23-21(28)24(4)12-18-14-29-15(3)22-18/h7-11,14H,5-6,12-13H2,1-4H3,(H,23,28). The molecule has 0 fully saturated rings. The zero-order valence-corrected chi connectivity index (χ0v) is 18.1. The number of carbonyl (C=O) groups excluding carboxylic acids is 2. The van der Waals surface area contributed by atoms with Gasteiger partial charge in [0.1, 0.15) is 6.54 Å². The third-order valence-electron chi connectivity index (χ3n) is 4.86. The number of nitrogens with zero attached hydrogens (tertiary/aromatic N) is 4. The number of likely N-dealkylation sites (N-methyl/N-ethyl adjacent to an activating group) is 1. The summed E-state index contributed by atoms with van der Waals surface area (Å²) in [6, 6.07) is 7.49. The molecule has 154 valence electrons. The summed E-state index contributed by atoms with van der Waals surface area (Å²) in [5.41, 5.74) is 2.57. The molecular weight excluding hydrogens is 386 g/mol. The zero-order chi connectivity index (χ0) is 21.0. The van der Waals surface area contributed by atoms with Crippen molar-refractivity contribution < 1.29 is 9.59 Å². The van der Waals surface area contributed by atoms with Gasteiger partial charge in [-0.1, -0.05) is 0 Å². The summed E-state index contributed by atoms with van der Waals surface area (Å²) in [7, 11) is 1.75. The molecule has 0 aliphatic rings. The number of thiazole rings is 1. The lowest BCUT2D eigenvalue weighted by atomic mass is 10.2. The van der Waals surface area contributed by atoms with Crippen molar-refractivity contribution in [2.24, 2.45) is 0 Å². The number of hydrogen-bond acceptors (Lipinski definition) is 4. The highest BCUT2D eigenvalue weighted by Crippen LogP contribution is 2.21. The Kier molecular flexibility index (Phi) is 6.53. The van der Waals surface area contributed by atoms with Gasteiger partial charge in [0.25, 0.3) is 0 Å². The molecule has 1 N–H and O–H groups in total. The first-order valence-corrected chi connectivity index (χ1v) is 10.6. The highest BCUT2D eigenvalue weighted by Gasteiger charge is 2.14. The molecule has 29 heavy (non-hydrogen) atoms. The van der Waals surface area contributed by atoms with Gasteiger partial charge in [-0.3, -0.25) is 4.79 Å². The van der Waals surface area contributed by atoms with E-state index >= 15 is 0 Å². The van der Waals surface area contributed by atoms with Crippen molar-refractivity contribution in [2.45, 2.75) is 33.9 Å². The lowest BCUT2D eigenvalue weighted by Gasteiger charge is -2.19. The van der Waals surface area contributed by atoms with E-state index in [0.29, 0.717) is 26.2 Å². The number of carbonyl (C=O) groups is 2. The van der Waals surface area contributed by atoms with Crippen LogP contribution in [0.3, 0.4) is 0 Å². The van der Waals surface area contributed by atoms with E-state index in [1.807, 2.05) is 66.1 Å². The van der Waals surface area contributed by atoms with E-state index < -0.39 is 0 Å². The van der Waals surface area contributed by atoms with Gasteiger partial charge in [-0.25, -0.2) is 9.78 Å². The van der Waals surface area contributed by atoms with E-state index in [9.17, 15) is 9.59 Å². The van der Waals surface area contributed by atoms with Crippen LogP contribution in [-0.4, -0.2) is 51.4 Å². The number of aryl methyl sites for hydroxylation is 1. The molecule has 2 heterocycles. The summed E-state index contributed by atoms with van der Waals surface area (Å²) < 4.78 is 1.94. The molecule has 0 saturated carbocycles. The second kappa shape index (κ2) is 9.09. The zero-order valence-electron chi connectivity index (χ0n) is 17.3. The van der Waals surface area contributed by atoms with Crippen LogP contribution < -0.4 is 5.32 Å². The van der Waals surface area contributed by atoms with Crippen molar-refractivity contribution in [1.82, 2.24) is 19.4 Å². The first-order valence-electron chi connectivity index (χ1n) is 9.71. The van der Waals surface area contributed by atoms with Crippen LogP contribution in [0.25, 0.3) is 10.9 Å². The Hall–Kier alpha value is -2.87. The number of urea groups is 1. The Balaban J connectivity index is 1.67. The third-order valence-corrected chi connectivity index (χ3v) is 5.68. The Labute approximate surface area is 174 Å². The van der Waals surface area contributed by atoms with E-state index in [0.717, 1.165) is 27.3 Å². The molecule has 2 aromatic heterocycles. The Morgan fingerprint density at radius 2 is 1.97 bits per heavy atom. The Bertz CT molecular complexity index is 1010. The fourth-order valence-electron chi connectivity index (χ4n) is 3.25. The van der Waals surface area contributed by atoms with Gasteiger partial charge in [-0.05, 0) is 45.0 Å². The van der Waals surface area contributed by atoms with Crippen molar-refractivity contribution in [1.29, 1.82) is 0 Å². The normalized spacial score (nSPS) is 10.9. The quantitative estimate of drug-likeness (QED) is 0.638. The molecule has 0 aliphatic carbocycles. The van der Waals surface area contributed by atoms with Crippen LogP contribution in [-0.2, 0) is 17.9 Å². The number of anilines is 1. The fourth-order valence-corrected chi connectivity index (χ4v) is 3.86. The molecule has 0 bridgehead atoms. The third kappa shape index (κ3) is 4.95. The van der Waals surface area contributed by atoms with Gasteiger partial charge in [0.15, 0.2) is 0 Å². The summed E-state index contributed by atoms with van der Waals surface area (Å²) in [5, 5.41) is 6.86. The summed E-state index contributed by atoms with van der Waals surface area (Å²) in [6.07, 6.45) is 1.91. The molecule has 3 amide bonds. The Morgan fingerprint density at radius 3 is 2.62 bits per heavy atom. The van der Waals surface area contributed by atoms with Crippen LogP contribution in [0.15, 0.2) is 35.8 Å². The smallest absolute Gasteiger partial charge is 0.321 e.